The van der Waals surface area contributed by atoms with Crippen LogP contribution in [0.1, 0.15) is 43.5 Å². The largest absolute Gasteiger partial charge is 0.490 e. The number of methoxy groups -OCH3 is 1. The summed E-state index contributed by atoms with van der Waals surface area (Å²) in [4.78, 5) is 44.5. The number of halogens is 3. The monoisotopic (exact) mass is 788 g/mol. The Kier molecular flexibility index (Phi) is 11.9. The molecule has 0 saturated carbocycles. The van der Waals surface area contributed by atoms with Gasteiger partial charge in [0.2, 0.25) is 0 Å². The van der Waals surface area contributed by atoms with Gasteiger partial charge in [-0.25, -0.2) is 14.6 Å². The van der Waals surface area contributed by atoms with Crippen LogP contribution in [-0.4, -0.2) is 43.4 Å². The zero-order valence-corrected chi connectivity index (χ0v) is 30.8. The molecule has 0 bridgehead atoms. The number of hydrogen-bond donors (Lipinski definition) is 0. The summed E-state index contributed by atoms with van der Waals surface area (Å²) in [6.45, 7) is 5.53. The summed E-state index contributed by atoms with van der Waals surface area (Å²) in [6, 6.07) is 14.8. The van der Waals surface area contributed by atoms with Gasteiger partial charge < -0.3 is 23.7 Å². The molecular formula is C35H31BrCl2N2O8S. The molecule has 4 aromatic rings. The van der Waals surface area contributed by atoms with E-state index >= 15 is 0 Å². The molecular weight excluding hydrogens is 759 g/mol. The second kappa shape index (κ2) is 16.1. The van der Waals surface area contributed by atoms with E-state index in [1.807, 2.05) is 18.2 Å². The fourth-order valence-electron chi connectivity index (χ4n) is 5.08. The molecule has 5 rings (SSSR count). The number of benzene rings is 3. The minimum Gasteiger partial charge on any atom is -0.490 e. The highest BCUT2D eigenvalue weighted by Gasteiger charge is 2.34. The average Bonchev–Trinajstić information content (AvgIpc) is 3.38. The van der Waals surface area contributed by atoms with E-state index < -0.39 is 18.0 Å². The normalized spacial score (nSPS) is 14.2. The van der Waals surface area contributed by atoms with Gasteiger partial charge in [-0.05, 0) is 80.4 Å². The van der Waals surface area contributed by atoms with Gasteiger partial charge in [-0.2, -0.15) is 0 Å². The van der Waals surface area contributed by atoms with Crippen LogP contribution in [-0.2, 0) is 25.7 Å². The molecule has 1 aromatic heterocycles. The zero-order chi connectivity index (χ0) is 35.2. The van der Waals surface area contributed by atoms with Crippen molar-refractivity contribution in [1.29, 1.82) is 0 Å². The Bertz CT molecular complexity index is 2130. The number of ether oxygens (including phenoxy) is 5. The van der Waals surface area contributed by atoms with E-state index in [1.165, 1.54) is 23.0 Å². The highest BCUT2D eigenvalue weighted by atomic mass is 79.9. The number of thiazole rings is 1. The Balaban J connectivity index is 1.61. The van der Waals surface area contributed by atoms with Gasteiger partial charge in [-0.3, -0.25) is 9.36 Å². The SMILES string of the molecule is CCOC(=O)C1=C(C)N=c2s/c(=C\c3cc(Br)ccc3OCc3ccc(Cl)c(Cl)c3)c(=O)n2[C@@H]1c1ccc(OCC(=O)OC)c(OCC)c1. The Morgan fingerprint density at radius 2 is 1.73 bits per heavy atom. The lowest BCUT2D eigenvalue weighted by molar-refractivity contribution is -0.143. The molecule has 256 valence electrons. The minimum absolute atomic E-state index is 0.130. The quantitative estimate of drug-likeness (QED) is 0.152. The third kappa shape index (κ3) is 8.21. The molecule has 0 amide bonds. The lowest BCUT2D eigenvalue weighted by Crippen LogP contribution is -2.40. The second-order valence-corrected chi connectivity index (χ2v) is 13.3. The van der Waals surface area contributed by atoms with Crippen LogP contribution in [0, 0.1) is 0 Å². The predicted molar refractivity (Wildman–Crippen MR) is 190 cm³/mol. The van der Waals surface area contributed by atoms with Crippen molar-refractivity contribution in [2.45, 2.75) is 33.4 Å². The van der Waals surface area contributed by atoms with Crippen LogP contribution in [0.4, 0.5) is 0 Å². The molecule has 1 aliphatic heterocycles. The van der Waals surface area contributed by atoms with Crippen molar-refractivity contribution in [3.05, 3.63) is 117 Å². The molecule has 0 N–H and O–H groups in total. The summed E-state index contributed by atoms with van der Waals surface area (Å²) in [5, 5.41) is 0.866. The molecule has 49 heavy (non-hydrogen) atoms. The maximum absolute atomic E-state index is 14.3. The third-order valence-electron chi connectivity index (χ3n) is 7.31. The lowest BCUT2D eigenvalue weighted by Gasteiger charge is -2.25. The standard InChI is InChI=1S/C35H31BrCl2N2O8S/c1-5-45-28-15-21(8-11-27(28)48-18-30(41)44-4)32-31(34(43)46-6-2)19(3)39-35-40(32)33(42)29(49-35)16-22-14-23(36)9-12-26(22)47-17-20-7-10-24(37)25(38)13-20/h7-16,32H,5-6,17-18H2,1-4H3/b29-16-/t32-/m1/s1. The van der Waals surface area contributed by atoms with Crippen LogP contribution in [0.5, 0.6) is 17.2 Å². The summed E-state index contributed by atoms with van der Waals surface area (Å²) >= 11 is 17.0. The van der Waals surface area contributed by atoms with Gasteiger partial charge in [0.25, 0.3) is 5.56 Å². The molecule has 1 atom stereocenters. The average molecular weight is 791 g/mol. The van der Waals surface area contributed by atoms with Crippen molar-refractivity contribution in [3.8, 4) is 17.2 Å². The van der Waals surface area contributed by atoms with E-state index in [9.17, 15) is 14.4 Å². The van der Waals surface area contributed by atoms with Crippen LogP contribution >= 0.6 is 50.5 Å². The van der Waals surface area contributed by atoms with Gasteiger partial charge in [0.05, 0.1) is 52.2 Å². The van der Waals surface area contributed by atoms with Crippen molar-refractivity contribution in [3.63, 3.8) is 0 Å². The number of nitrogens with zero attached hydrogens (tertiary/aromatic N) is 2. The summed E-state index contributed by atoms with van der Waals surface area (Å²) in [5.41, 5.74) is 2.25. The van der Waals surface area contributed by atoms with E-state index in [0.717, 1.165) is 10.0 Å². The third-order valence-corrected chi connectivity index (χ3v) is 9.53. The van der Waals surface area contributed by atoms with E-state index in [4.69, 9.17) is 42.1 Å². The lowest BCUT2D eigenvalue weighted by atomic mass is 9.95. The van der Waals surface area contributed by atoms with Crippen molar-refractivity contribution in [2.75, 3.05) is 26.9 Å². The molecule has 3 aromatic carbocycles. The second-order valence-electron chi connectivity index (χ2n) is 10.5. The van der Waals surface area contributed by atoms with Gasteiger partial charge in [0.1, 0.15) is 12.4 Å². The molecule has 0 fully saturated rings. The number of aromatic nitrogens is 1. The van der Waals surface area contributed by atoms with Crippen LogP contribution in [0.15, 0.2) is 80.1 Å². The number of carbonyl (C=O) groups is 2. The van der Waals surface area contributed by atoms with Gasteiger partial charge in [-0.1, -0.05) is 62.6 Å². The molecule has 10 nitrogen and oxygen atoms in total. The first-order valence-electron chi connectivity index (χ1n) is 15.1. The predicted octanol–water partition coefficient (Wildman–Crippen LogP) is 6.40. The molecule has 0 saturated heterocycles. The molecule has 2 heterocycles. The van der Waals surface area contributed by atoms with Gasteiger partial charge >= 0.3 is 11.9 Å². The van der Waals surface area contributed by atoms with Gasteiger partial charge in [0, 0.05) is 10.0 Å². The smallest absolute Gasteiger partial charge is 0.343 e. The van der Waals surface area contributed by atoms with Crippen molar-refractivity contribution < 1.29 is 33.3 Å². The number of fused-ring (bicyclic) bond motifs is 1. The fraction of sp³-hybridized carbons (Fsp3) is 0.257. The summed E-state index contributed by atoms with van der Waals surface area (Å²) in [5.74, 6) is -0.0113. The Hall–Kier alpha value is -4.10. The first-order valence-corrected chi connectivity index (χ1v) is 17.4. The van der Waals surface area contributed by atoms with Crippen molar-refractivity contribution in [2.24, 2.45) is 4.99 Å². The number of rotatable bonds is 12. The Morgan fingerprint density at radius 1 is 0.959 bits per heavy atom. The van der Waals surface area contributed by atoms with E-state index in [2.05, 4.69) is 25.7 Å². The Morgan fingerprint density at radius 3 is 2.45 bits per heavy atom. The molecule has 0 aliphatic carbocycles. The number of carbonyl (C=O) groups excluding carboxylic acids is 2. The first-order chi connectivity index (χ1) is 23.5. The van der Waals surface area contributed by atoms with Crippen LogP contribution in [0.2, 0.25) is 10.0 Å². The minimum atomic E-state index is -0.904. The molecule has 0 unspecified atom stereocenters. The maximum Gasteiger partial charge on any atom is 0.343 e. The van der Waals surface area contributed by atoms with E-state index in [0.29, 0.717) is 60.1 Å². The topological polar surface area (TPSA) is 115 Å². The first kappa shape index (κ1) is 36.2. The van der Waals surface area contributed by atoms with Crippen LogP contribution in [0.3, 0.4) is 0 Å². The van der Waals surface area contributed by atoms with Gasteiger partial charge in [-0.15, -0.1) is 0 Å². The summed E-state index contributed by atoms with van der Waals surface area (Å²) in [6.07, 6.45) is 1.73. The highest BCUT2D eigenvalue weighted by molar-refractivity contribution is 9.10. The number of hydrogen-bond acceptors (Lipinski definition) is 10. The molecule has 0 radical (unpaired) electrons. The van der Waals surface area contributed by atoms with E-state index in [1.54, 1.807) is 63.2 Å². The molecule has 0 spiro atoms. The van der Waals surface area contributed by atoms with Crippen molar-refractivity contribution in [1.82, 2.24) is 4.57 Å². The molecule has 14 heteroatoms. The summed E-state index contributed by atoms with van der Waals surface area (Å²) < 4.78 is 30.4. The fourth-order valence-corrected chi connectivity index (χ4v) is 6.82. The number of esters is 2. The van der Waals surface area contributed by atoms with Crippen LogP contribution < -0.4 is 29.1 Å². The highest BCUT2D eigenvalue weighted by Crippen LogP contribution is 2.36. The van der Waals surface area contributed by atoms with E-state index in [-0.39, 0.29) is 31.0 Å². The number of allylic oxidation sites excluding steroid dienone is 1. The molecule has 1 aliphatic rings. The van der Waals surface area contributed by atoms with Crippen molar-refractivity contribution >= 4 is 68.5 Å². The zero-order valence-electron chi connectivity index (χ0n) is 26.9. The summed E-state index contributed by atoms with van der Waals surface area (Å²) in [7, 11) is 1.27. The maximum atomic E-state index is 14.3. The Labute approximate surface area is 304 Å². The van der Waals surface area contributed by atoms with Crippen LogP contribution in [0.25, 0.3) is 6.08 Å². The van der Waals surface area contributed by atoms with Gasteiger partial charge in [0.15, 0.2) is 22.9 Å².